The Morgan fingerprint density at radius 1 is 1.07 bits per heavy atom. The van der Waals surface area contributed by atoms with E-state index < -0.39 is 9.84 Å². The molecule has 0 radical (unpaired) electrons. The number of hydrogen-bond donors (Lipinski definition) is 0. The third-order valence-electron chi connectivity index (χ3n) is 4.78. The molecule has 0 atom stereocenters. The highest BCUT2D eigenvalue weighted by Crippen LogP contribution is 2.21. The highest BCUT2D eigenvalue weighted by Gasteiger charge is 2.23. The van der Waals surface area contributed by atoms with E-state index in [1.165, 1.54) is 4.57 Å². The van der Waals surface area contributed by atoms with Gasteiger partial charge in [0.2, 0.25) is 15.0 Å². The molecule has 1 aromatic carbocycles. The number of hydrogen-bond acceptors (Lipinski definition) is 5. The number of pyridine rings is 1. The van der Waals surface area contributed by atoms with Gasteiger partial charge in [0.05, 0.1) is 10.6 Å². The van der Waals surface area contributed by atoms with Crippen molar-refractivity contribution in [1.82, 2.24) is 18.9 Å². The van der Waals surface area contributed by atoms with Crippen molar-refractivity contribution >= 4 is 21.3 Å². The summed E-state index contributed by atoms with van der Waals surface area (Å²) in [4.78, 5) is 21.0. The molecule has 0 unspecified atom stereocenters. The fourth-order valence-corrected chi connectivity index (χ4v) is 4.67. The number of sulfone groups is 1. The molecule has 3 aromatic heterocycles. The third-order valence-corrected chi connectivity index (χ3v) is 6.53. The van der Waals surface area contributed by atoms with Crippen LogP contribution in [0.2, 0.25) is 0 Å². The quantitative estimate of drug-likeness (QED) is 0.458. The topological polar surface area (TPSA) is 86.3 Å². The van der Waals surface area contributed by atoms with E-state index in [2.05, 4.69) is 9.97 Å². The minimum atomic E-state index is -3.68. The number of rotatable bonds is 6. The van der Waals surface area contributed by atoms with E-state index >= 15 is 0 Å². The number of ketones is 1. The number of aromatic nitrogens is 4. The molecule has 4 aromatic rings. The molecule has 0 spiro atoms. The number of carbonyl (C=O) groups is 1. The molecule has 0 aliphatic rings. The highest BCUT2D eigenvalue weighted by molar-refractivity contribution is 7.91. The second-order valence-electron chi connectivity index (χ2n) is 6.96. The molecule has 0 saturated heterocycles. The number of Topliss-reactive ketones (excluding diaryl/α,β-unsaturated/α-hetero) is 1. The summed E-state index contributed by atoms with van der Waals surface area (Å²) in [5, 5.41) is 0.0211. The average molecular weight is 408 g/mol. The van der Waals surface area contributed by atoms with Gasteiger partial charge in [-0.3, -0.25) is 4.79 Å². The van der Waals surface area contributed by atoms with Crippen LogP contribution in [-0.4, -0.2) is 33.1 Å². The Kier molecular flexibility index (Phi) is 4.79. The van der Waals surface area contributed by atoms with E-state index in [9.17, 15) is 13.2 Å². The van der Waals surface area contributed by atoms with Crippen LogP contribution in [0.3, 0.4) is 0 Å². The number of fused-ring (bicyclic) bond motifs is 1. The first kappa shape index (κ1) is 19.1. The first-order chi connectivity index (χ1) is 13.8. The zero-order valence-electron chi connectivity index (χ0n) is 16.1. The number of imidazole rings is 2. The van der Waals surface area contributed by atoms with Gasteiger partial charge in [-0.1, -0.05) is 12.1 Å². The Balaban J connectivity index is 1.46. The fraction of sp³-hybridized carbons (Fsp3) is 0.190. The van der Waals surface area contributed by atoms with Crippen LogP contribution in [0.5, 0.6) is 0 Å². The molecule has 3 heterocycles. The molecule has 0 aliphatic carbocycles. The molecule has 8 heteroatoms. The van der Waals surface area contributed by atoms with Gasteiger partial charge in [0.15, 0.2) is 5.78 Å². The van der Waals surface area contributed by atoms with Crippen molar-refractivity contribution in [1.29, 1.82) is 0 Å². The lowest BCUT2D eigenvalue weighted by Crippen LogP contribution is -2.09. The van der Waals surface area contributed by atoms with Crippen molar-refractivity contribution in [2.75, 3.05) is 0 Å². The molecule has 148 valence electrons. The SMILES string of the molecule is Cc1cn(C)c(S(=O)(=O)c2ccc(CCC(=O)c3ccc4nccn4c3)cc2)n1. The smallest absolute Gasteiger partial charge is 0.240 e. The minimum Gasteiger partial charge on any atom is -0.324 e. The van der Waals surface area contributed by atoms with E-state index in [1.807, 2.05) is 10.5 Å². The van der Waals surface area contributed by atoms with E-state index in [1.54, 1.807) is 69.1 Å². The summed E-state index contributed by atoms with van der Waals surface area (Å²) in [5.41, 5.74) is 2.97. The Labute approximate surface area is 168 Å². The van der Waals surface area contributed by atoms with Gasteiger partial charge in [0, 0.05) is 43.8 Å². The van der Waals surface area contributed by atoms with Crippen LogP contribution in [0, 0.1) is 6.92 Å². The fourth-order valence-electron chi connectivity index (χ4n) is 3.27. The van der Waals surface area contributed by atoms with Crippen LogP contribution < -0.4 is 0 Å². The number of carbonyl (C=O) groups excluding carboxylic acids is 1. The maximum Gasteiger partial charge on any atom is 0.240 e. The van der Waals surface area contributed by atoms with E-state index in [0.29, 0.717) is 24.1 Å². The van der Waals surface area contributed by atoms with Gasteiger partial charge < -0.3 is 8.97 Å². The minimum absolute atomic E-state index is 0.0211. The summed E-state index contributed by atoms with van der Waals surface area (Å²) in [5.74, 6) is 0.0285. The summed E-state index contributed by atoms with van der Waals surface area (Å²) in [6, 6.07) is 10.2. The Bertz CT molecular complexity index is 1300. The summed E-state index contributed by atoms with van der Waals surface area (Å²) in [6.45, 7) is 1.75. The summed E-state index contributed by atoms with van der Waals surface area (Å²) in [7, 11) is -2.02. The van der Waals surface area contributed by atoms with Crippen LogP contribution >= 0.6 is 0 Å². The first-order valence-corrected chi connectivity index (χ1v) is 10.6. The molecule has 29 heavy (non-hydrogen) atoms. The molecule has 0 amide bonds. The van der Waals surface area contributed by atoms with Gasteiger partial charge in [-0.15, -0.1) is 0 Å². The number of aryl methyl sites for hydroxylation is 3. The molecule has 0 aliphatic heterocycles. The summed E-state index contributed by atoms with van der Waals surface area (Å²) in [6.07, 6.45) is 7.80. The van der Waals surface area contributed by atoms with Crippen LogP contribution in [0.1, 0.15) is 28.0 Å². The number of benzene rings is 1. The Morgan fingerprint density at radius 2 is 1.83 bits per heavy atom. The van der Waals surface area contributed by atoms with Crippen molar-refractivity contribution in [2.24, 2.45) is 7.05 Å². The second-order valence-corrected chi connectivity index (χ2v) is 8.80. The van der Waals surface area contributed by atoms with Gasteiger partial charge in [0.1, 0.15) is 5.65 Å². The molecule has 0 N–H and O–H groups in total. The van der Waals surface area contributed by atoms with Gasteiger partial charge in [0.25, 0.3) is 0 Å². The predicted molar refractivity (Wildman–Crippen MR) is 108 cm³/mol. The summed E-state index contributed by atoms with van der Waals surface area (Å²) < 4.78 is 28.9. The summed E-state index contributed by atoms with van der Waals surface area (Å²) >= 11 is 0. The predicted octanol–water partition coefficient (Wildman–Crippen LogP) is 3.02. The van der Waals surface area contributed by atoms with Crippen molar-refractivity contribution < 1.29 is 13.2 Å². The van der Waals surface area contributed by atoms with Crippen molar-refractivity contribution in [3.05, 3.63) is 78.0 Å². The van der Waals surface area contributed by atoms with Crippen molar-refractivity contribution in [2.45, 2.75) is 29.8 Å². The van der Waals surface area contributed by atoms with Gasteiger partial charge in [-0.2, -0.15) is 0 Å². The van der Waals surface area contributed by atoms with E-state index in [-0.39, 0.29) is 15.8 Å². The molecule has 0 bridgehead atoms. The zero-order valence-corrected chi connectivity index (χ0v) is 16.9. The van der Waals surface area contributed by atoms with E-state index in [0.717, 1.165) is 11.2 Å². The molecular formula is C21H20N4O3S. The average Bonchev–Trinajstić information content (AvgIpc) is 3.31. The maximum absolute atomic E-state index is 12.8. The first-order valence-electron chi connectivity index (χ1n) is 9.14. The van der Waals surface area contributed by atoms with Crippen molar-refractivity contribution in [3.8, 4) is 0 Å². The van der Waals surface area contributed by atoms with Crippen LogP contribution in [0.4, 0.5) is 0 Å². The largest absolute Gasteiger partial charge is 0.324 e. The molecular weight excluding hydrogens is 388 g/mol. The Hall–Kier alpha value is -3.26. The Morgan fingerprint density at radius 3 is 2.52 bits per heavy atom. The van der Waals surface area contributed by atoms with Crippen LogP contribution in [-0.2, 0) is 23.3 Å². The normalized spacial score (nSPS) is 11.8. The highest BCUT2D eigenvalue weighted by atomic mass is 32.2. The third kappa shape index (κ3) is 3.71. The van der Waals surface area contributed by atoms with Gasteiger partial charge in [-0.05, 0) is 43.2 Å². The van der Waals surface area contributed by atoms with Crippen LogP contribution in [0.25, 0.3) is 5.65 Å². The second kappa shape index (κ2) is 7.29. The lowest BCUT2D eigenvalue weighted by molar-refractivity contribution is 0.0982. The van der Waals surface area contributed by atoms with E-state index in [4.69, 9.17) is 0 Å². The molecule has 7 nitrogen and oxygen atoms in total. The maximum atomic E-state index is 12.8. The lowest BCUT2D eigenvalue weighted by atomic mass is 10.0. The standard InChI is InChI=1S/C21H20N4O3S/c1-15-13-24(2)21(23-15)29(27,28)18-7-3-16(4-8-18)5-9-19(26)17-6-10-20-22-11-12-25(20)14-17/h3-4,6-8,10-14H,5,9H2,1-2H3. The monoisotopic (exact) mass is 408 g/mol. The lowest BCUT2D eigenvalue weighted by Gasteiger charge is -2.06. The molecule has 4 rings (SSSR count). The van der Waals surface area contributed by atoms with Crippen molar-refractivity contribution in [3.63, 3.8) is 0 Å². The zero-order chi connectivity index (χ0) is 20.6. The molecule has 0 saturated carbocycles. The van der Waals surface area contributed by atoms with Crippen LogP contribution in [0.15, 0.2) is 71.2 Å². The number of nitrogens with zero attached hydrogens (tertiary/aromatic N) is 4. The van der Waals surface area contributed by atoms with Gasteiger partial charge >= 0.3 is 0 Å². The molecule has 0 fully saturated rings. The van der Waals surface area contributed by atoms with Gasteiger partial charge in [-0.25, -0.2) is 18.4 Å².